The highest BCUT2D eigenvalue weighted by atomic mass is 16.5. The zero-order valence-electron chi connectivity index (χ0n) is 26.4. The van der Waals surface area contributed by atoms with Gasteiger partial charge in [-0.3, -0.25) is 4.79 Å². The standard InChI is InChI=1S/C36H47NO3/c1-12-15-28(33(38)14-3)21-30(24(4)5)32(23-37(11)18-13-2)31-22-29(36(9,10)39)16-17-34(31)40-35-26(7)19-25(6)20-27(35)8/h16-17,19-23,39H,12,14-15H2,1-11H3/b28-21+,32-23+. The second-order valence-electron chi connectivity index (χ2n) is 11.2. The lowest BCUT2D eigenvalue weighted by atomic mass is 9.88. The van der Waals surface area contributed by atoms with Gasteiger partial charge in [0.05, 0.1) is 5.60 Å². The first-order valence-electron chi connectivity index (χ1n) is 14.1. The molecule has 0 atom stereocenters. The van der Waals surface area contributed by atoms with Gasteiger partial charge in [-0.25, -0.2) is 0 Å². The minimum absolute atomic E-state index is 0.147. The maximum atomic E-state index is 12.9. The fourth-order valence-electron chi connectivity index (χ4n) is 4.79. The Labute approximate surface area is 242 Å². The first-order chi connectivity index (χ1) is 18.7. The number of benzene rings is 2. The molecule has 2 rings (SSSR count). The van der Waals surface area contributed by atoms with Gasteiger partial charge >= 0.3 is 0 Å². The van der Waals surface area contributed by atoms with E-state index >= 15 is 0 Å². The van der Waals surface area contributed by atoms with Crippen molar-refractivity contribution in [3.8, 4) is 23.5 Å². The van der Waals surface area contributed by atoms with E-state index in [0.29, 0.717) is 18.6 Å². The van der Waals surface area contributed by atoms with E-state index in [2.05, 4.69) is 65.6 Å². The Morgan fingerprint density at radius 2 is 1.70 bits per heavy atom. The van der Waals surface area contributed by atoms with Crippen LogP contribution in [0.2, 0.25) is 0 Å². The first kappa shape index (κ1) is 32.7. The Morgan fingerprint density at radius 1 is 1.07 bits per heavy atom. The molecule has 1 N–H and O–H groups in total. The van der Waals surface area contributed by atoms with Gasteiger partial charge in [-0.1, -0.05) is 55.5 Å². The monoisotopic (exact) mass is 541 g/mol. The van der Waals surface area contributed by atoms with E-state index < -0.39 is 5.60 Å². The number of hydrogen-bond donors (Lipinski definition) is 1. The summed E-state index contributed by atoms with van der Waals surface area (Å²) < 4.78 is 6.68. The molecule has 214 valence electrons. The van der Waals surface area contributed by atoms with Gasteiger partial charge in [0.15, 0.2) is 5.78 Å². The van der Waals surface area contributed by atoms with Gasteiger partial charge < -0.3 is 14.7 Å². The van der Waals surface area contributed by atoms with Crippen molar-refractivity contribution in [3.63, 3.8) is 0 Å². The van der Waals surface area contributed by atoms with Crippen molar-refractivity contribution in [1.29, 1.82) is 0 Å². The maximum Gasteiger partial charge on any atom is 0.158 e. The molecule has 0 spiro atoms. The maximum absolute atomic E-state index is 12.9. The third kappa shape index (κ3) is 8.47. The highest BCUT2D eigenvalue weighted by Gasteiger charge is 2.23. The van der Waals surface area contributed by atoms with Crippen LogP contribution < -0.4 is 4.74 Å². The summed E-state index contributed by atoms with van der Waals surface area (Å²) in [6, 6.07) is 13.2. The summed E-state index contributed by atoms with van der Waals surface area (Å²) in [4.78, 5) is 14.8. The van der Waals surface area contributed by atoms with Crippen LogP contribution in [0.5, 0.6) is 11.5 Å². The lowest BCUT2D eigenvalue weighted by Crippen LogP contribution is -2.16. The highest BCUT2D eigenvalue weighted by Crippen LogP contribution is 2.40. The van der Waals surface area contributed by atoms with Crippen LogP contribution in [0.3, 0.4) is 0 Å². The van der Waals surface area contributed by atoms with E-state index in [4.69, 9.17) is 4.74 Å². The molecule has 0 fully saturated rings. The number of aryl methyl sites for hydroxylation is 3. The van der Waals surface area contributed by atoms with Crippen molar-refractivity contribution >= 4 is 11.4 Å². The van der Waals surface area contributed by atoms with Crippen LogP contribution in [0.1, 0.15) is 95.5 Å². The average molecular weight is 542 g/mol. The van der Waals surface area contributed by atoms with Gasteiger partial charge in [0.2, 0.25) is 0 Å². The Bertz CT molecular complexity index is 1360. The normalized spacial score (nSPS) is 12.0. The van der Waals surface area contributed by atoms with Crippen molar-refractivity contribution in [1.82, 2.24) is 4.90 Å². The van der Waals surface area contributed by atoms with Crippen molar-refractivity contribution in [2.75, 3.05) is 7.05 Å². The summed E-state index contributed by atoms with van der Waals surface area (Å²) in [6.07, 6.45) is 6.06. The molecule has 0 saturated carbocycles. The zero-order chi connectivity index (χ0) is 30.2. The number of aliphatic hydroxyl groups is 1. The van der Waals surface area contributed by atoms with E-state index in [1.807, 2.05) is 49.3 Å². The minimum atomic E-state index is -1.06. The second-order valence-corrected chi connectivity index (χ2v) is 11.2. The van der Waals surface area contributed by atoms with Gasteiger partial charge in [-0.2, -0.15) is 0 Å². The van der Waals surface area contributed by atoms with E-state index in [9.17, 15) is 9.90 Å². The van der Waals surface area contributed by atoms with E-state index in [1.54, 1.807) is 20.8 Å². The van der Waals surface area contributed by atoms with E-state index in [-0.39, 0.29) is 5.78 Å². The molecule has 4 nitrogen and oxygen atoms in total. The van der Waals surface area contributed by atoms with Crippen molar-refractivity contribution in [2.24, 2.45) is 0 Å². The highest BCUT2D eigenvalue weighted by molar-refractivity contribution is 5.97. The number of carbonyl (C=O) groups is 1. The van der Waals surface area contributed by atoms with Crippen LogP contribution in [0.25, 0.3) is 5.57 Å². The van der Waals surface area contributed by atoms with Gasteiger partial charge in [-0.15, -0.1) is 0 Å². The molecule has 0 amide bonds. The van der Waals surface area contributed by atoms with Gasteiger partial charge in [0.1, 0.15) is 11.5 Å². The van der Waals surface area contributed by atoms with Gasteiger partial charge in [0, 0.05) is 36.8 Å². The van der Waals surface area contributed by atoms with Crippen molar-refractivity contribution in [2.45, 2.75) is 94.1 Å². The largest absolute Gasteiger partial charge is 0.456 e. The van der Waals surface area contributed by atoms with Gasteiger partial charge in [-0.05, 0) is 108 Å². The molecule has 2 aromatic carbocycles. The zero-order valence-corrected chi connectivity index (χ0v) is 26.4. The Morgan fingerprint density at radius 3 is 2.20 bits per heavy atom. The fourth-order valence-corrected chi connectivity index (χ4v) is 4.79. The molecule has 0 saturated heterocycles. The number of nitrogens with zero attached hydrogens (tertiary/aromatic N) is 1. The van der Waals surface area contributed by atoms with E-state index in [1.165, 1.54) is 5.56 Å². The number of carbonyl (C=O) groups excluding carboxylic acids is 1. The number of ketones is 1. The fraction of sp³-hybridized carbons (Fsp3) is 0.417. The van der Waals surface area contributed by atoms with Crippen LogP contribution in [0.4, 0.5) is 0 Å². The average Bonchev–Trinajstić information content (AvgIpc) is 2.86. The minimum Gasteiger partial charge on any atom is -0.456 e. The first-order valence-corrected chi connectivity index (χ1v) is 14.1. The Kier molecular flexibility index (Phi) is 11.6. The predicted octanol–water partition coefficient (Wildman–Crippen LogP) is 8.93. The number of allylic oxidation sites excluding steroid dienone is 5. The summed E-state index contributed by atoms with van der Waals surface area (Å²) >= 11 is 0. The van der Waals surface area contributed by atoms with Crippen LogP contribution in [0, 0.1) is 32.7 Å². The smallest absolute Gasteiger partial charge is 0.158 e. The number of rotatable bonds is 11. The molecule has 0 aromatic heterocycles. The third-order valence-corrected chi connectivity index (χ3v) is 6.75. The molecule has 0 aliphatic rings. The molecule has 0 aliphatic heterocycles. The topological polar surface area (TPSA) is 49.8 Å². The molecule has 2 aromatic rings. The van der Waals surface area contributed by atoms with Crippen LogP contribution in [0.15, 0.2) is 59.3 Å². The van der Waals surface area contributed by atoms with Crippen molar-refractivity contribution < 1.29 is 14.6 Å². The molecule has 40 heavy (non-hydrogen) atoms. The number of ether oxygens (including phenoxy) is 1. The molecule has 0 aliphatic carbocycles. The molecule has 0 unspecified atom stereocenters. The van der Waals surface area contributed by atoms with Gasteiger partial charge in [0.25, 0.3) is 0 Å². The number of Topliss-reactive ketones (excluding diaryl/α,β-unsaturated/α-hetero) is 1. The molecular formula is C36H47NO3. The Hall–Kier alpha value is -3.55. The quantitative estimate of drug-likeness (QED) is 0.134. The van der Waals surface area contributed by atoms with Crippen LogP contribution in [-0.4, -0.2) is 22.8 Å². The number of hydrogen-bond acceptors (Lipinski definition) is 4. The molecule has 0 heterocycles. The summed E-state index contributed by atoms with van der Waals surface area (Å²) in [6.45, 7) is 19.7. The van der Waals surface area contributed by atoms with Crippen molar-refractivity contribution in [3.05, 3.63) is 87.1 Å². The third-order valence-electron chi connectivity index (χ3n) is 6.75. The second kappa shape index (κ2) is 14.2. The summed E-state index contributed by atoms with van der Waals surface area (Å²) in [7, 11) is 1.90. The molecule has 0 bridgehead atoms. The van der Waals surface area contributed by atoms with Crippen LogP contribution in [-0.2, 0) is 10.4 Å². The Balaban J connectivity index is 2.99. The summed E-state index contributed by atoms with van der Waals surface area (Å²) in [5.41, 5.74) is 7.47. The van der Waals surface area contributed by atoms with Crippen LogP contribution >= 0.6 is 0 Å². The summed E-state index contributed by atoms with van der Waals surface area (Å²) in [5.74, 6) is 4.59. The lowest BCUT2D eigenvalue weighted by molar-refractivity contribution is -0.115. The predicted molar refractivity (Wildman–Crippen MR) is 168 cm³/mol. The molecular weight excluding hydrogens is 494 g/mol. The summed E-state index contributed by atoms with van der Waals surface area (Å²) in [5, 5.41) is 11.0. The molecule has 4 heteroatoms. The van der Waals surface area contributed by atoms with E-state index in [0.717, 1.165) is 56.7 Å². The lowest BCUT2D eigenvalue weighted by Gasteiger charge is -2.24. The molecule has 0 radical (unpaired) electrons. The SMILES string of the molecule is CC#CN(C)/C=C(\C(/C=C(\CCC)C(=O)CC)=C(C)C)c1cc(C(C)(C)O)ccc1Oc1c(C)cc(C)cc1C.